The van der Waals surface area contributed by atoms with E-state index in [0.29, 0.717) is 4.47 Å². The van der Waals surface area contributed by atoms with Crippen molar-refractivity contribution in [3.63, 3.8) is 0 Å². The smallest absolute Gasteiger partial charge is 0.336 e. The zero-order chi connectivity index (χ0) is 13.1. The van der Waals surface area contributed by atoms with Crippen LogP contribution >= 0.6 is 15.9 Å². The van der Waals surface area contributed by atoms with Crippen LogP contribution in [0.2, 0.25) is 0 Å². The molecule has 8 heteroatoms. The van der Waals surface area contributed by atoms with Crippen LogP contribution in [-0.2, 0) is 10.0 Å². The second-order valence-electron chi connectivity index (χ2n) is 3.02. The fourth-order valence-corrected chi connectivity index (χ4v) is 2.20. The predicted molar refractivity (Wildman–Crippen MR) is 64.1 cm³/mol. The molecule has 0 aliphatic rings. The normalized spacial score (nSPS) is 10.6. The Kier molecular flexibility index (Phi) is 4.09. The van der Waals surface area contributed by atoms with E-state index in [4.69, 9.17) is 10.4 Å². The van der Waals surface area contributed by atoms with E-state index in [1.165, 1.54) is 24.3 Å². The van der Waals surface area contributed by atoms with Crippen LogP contribution in [0.15, 0.2) is 22.7 Å². The zero-order valence-corrected chi connectivity index (χ0v) is 10.7. The van der Waals surface area contributed by atoms with Crippen LogP contribution < -0.4 is 4.72 Å². The zero-order valence-electron chi connectivity index (χ0n) is 8.34. The van der Waals surface area contributed by atoms with Gasteiger partial charge < -0.3 is 5.11 Å². The van der Waals surface area contributed by atoms with Crippen LogP contribution in [0, 0.1) is 11.3 Å². The van der Waals surface area contributed by atoms with Gasteiger partial charge in [0.25, 0.3) is 0 Å². The van der Waals surface area contributed by atoms with Crippen molar-refractivity contribution < 1.29 is 18.3 Å². The molecule has 2 N–H and O–H groups in total. The van der Waals surface area contributed by atoms with Crippen molar-refractivity contribution in [2.45, 2.75) is 0 Å². The first-order valence-corrected chi connectivity index (χ1v) is 6.70. The molecule has 0 unspecified atom stereocenters. The minimum atomic E-state index is -3.76. The van der Waals surface area contributed by atoms with Gasteiger partial charge in [-0.2, -0.15) is 5.26 Å². The summed E-state index contributed by atoms with van der Waals surface area (Å²) >= 11 is 3.03. The lowest BCUT2D eigenvalue weighted by Crippen LogP contribution is -2.15. The highest BCUT2D eigenvalue weighted by atomic mass is 79.9. The van der Waals surface area contributed by atoms with Gasteiger partial charge in [-0.25, -0.2) is 13.2 Å². The van der Waals surface area contributed by atoms with E-state index in [9.17, 15) is 13.2 Å². The summed E-state index contributed by atoms with van der Waals surface area (Å²) in [6, 6.07) is 5.47. The van der Waals surface area contributed by atoms with Crippen LogP contribution in [0.5, 0.6) is 0 Å². The average Bonchev–Trinajstić information content (AvgIpc) is 2.20. The molecule has 0 amide bonds. The average molecular weight is 319 g/mol. The lowest BCUT2D eigenvalue weighted by molar-refractivity contribution is 0.0696. The minimum absolute atomic E-state index is 0.0674. The number of hydrogen-bond acceptors (Lipinski definition) is 4. The Morgan fingerprint density at radius 1 is 1.53 bits per heavy atom. The van der Waals surface area contributed by atoms with Crippen LogP contribution in [0.1, 0.15) is 10.4 Å². The fraction of sp³-hybridized carbons (Fsp3) is 0.111. The predicted octanol–water partition coefficient (Wildman–Crippen LogP) is 1.41. The second kappa shape index (κ2) is 5.16. The molecule has 1 rings (SSSR count). The van der Waals surface area contributed by atoms with Crippen molar-refractivity contribution in [3.8, 4) is 6.07 Å². The highest BCUT2D eigenvalue weighted by molar-refractivity contribution is 9.10. The Labute approximate surface area is 106 Å². The number of anilines is 1. The van der Waals surface area contributed by atoms with Gasteiger partial charge in [0.1, 0.15) is 0 Å². The molecule has 0 bridgehead atoms. The molecule has 0 aliphatic heterocycles. The molecule has 0 fully saturated rings. The molecule has 0 aromatic heterocycles. The van der Waals surface area contributed by atoms with Crippen LogP contribution in [-0.4, -0.2) is 25.2 Å². The molecule has 0 aliphatic carbocycles. The lowest BCUT2D eigenvalue weighted by atomic mass is 10.2. The molecule has 6 nitrogen and oxygen atoms in total. The molecule has 0 spiro atoms. The number of halogens is 1. The van der Waals surface area contributed by atoms with Crippen molar-refractivity contribution >= 4 is 37.6 Å². The lowest BCUT2D eigenvalue weighted by Gasteiger charge is -2.06. The minimum Gasteiger partial charge on any atom is -0.478 e. The van der Waals surface area contributed by atoms with E-state index < -0.39 is 21.7 Å². The van der Waals surface area contributed by atoms with Crippen LogP contribution in [0.3, 0.4) is 0 Å². The van der Waals surface area contributed by atoms with Gasteiger partial charge in [-0.05, 0) is 34.1 Å². The first-order valence-electron chi connectivity index (χ1n) is 4.26. The monoisotopic (exact) mass is 318 g/mol. The molecule has 0 saturated carbocycles. The van der Waals surface area contributed by atoms with Crippen molar-refractivity contribution in [2.75, 3.05) is 10.5 Å². The first kappa shape index (κ1) is 13.5. The third kappa shape index (κ3) is 3.72. The van der Waals surface area contributed by atoms with Crippen LogP contribution in [0.4, 0.5) is 5.69 Å². The number of sulfonamides is 1. The third-order valence-corrected chi connectivity index (χ3v) is 3.47. The van der Waals surface area contributed by atoms with Crippen LogP contribution in [0.25, 0.3) is 0 Å². The Bertz CT molecular complexity index is 592. The molecule has 1 aromatic rings. The maximum Gasteiger partial charge on any atom is 0.336 e. The summed E-state index contributed by atoms with van der Waals surface area (Å²) in [5.74, 6) is -1.87. The Hall–Kier alpha value is -1.59. The van der Waals surface area contributed by atoms with Crippen molar-refractivity contribution in [2.24, 2.45) is 0 Å². The standard InChI is InChI=1S/C9H7BrN2O4S/c10-8-2-1-6(5-7(8)9(13)14)12-17(15,16)4-3-11/h1-2,5,12H,4H2,(H,13,14). The number of aromatic carboxylic acids is 1. The van der Waals surface area contributed by atoms with Gasteiger partial charge in [-0.1, -0.05) is 0 Å². The SMILES string of the molecule is N#CCS(=O)(=O)Nc1ccc(Br)c(C(=O)O)c1. The number of nitrogens with zero attached hydrogens (tertiary/aromatic N) is 1. The summed E-state index contributed by atoms with van der Waals surface area (Å²) in [7, 11) is -3.76. The van der Waals surface area contributed by atoms with Gasteiger partial charge in [0.15, 0.2) is 5.75 Å². The number of carbonyl (C=O) groups is 1. The highest BCUT2D eigenvalue weighted by Gasteiger charge is 2.13. The topological polar surface area (TPSA) is 107 Å². The summed E-state index contributed by atoms with van der Waals surface area (Å²) in [6.45, 7) is 0. The number of carboxylic acid groups (broad SMARTS) is 1. The van der Waals surface area contributed by atoms with E-state index in [0.717, 1.165) is 0 Å². The van der Waals surface area contributed by atoms with E-state index in [1.54, 1.807) is 0 Å². The summed E-state index contributed by atoms with van der Waals surface area (Å²) in [5, 5.41) is 17.1. The van der Waals surface area contributed by atoms with Crippen molar-refractivity contribution in [3.05, 3.63) is 28.2 Å². The molecule has 0 atom stereocenters. The van der Waals surface area contributed by atoms with Crippen molar-refractivity contribution in [1.82, 2.24) is 0 Å². The number of benzene rings is 1. The van der Waals surface area contributed by atoms with E-state index in [-0.39, 0.29) is 11.3 Å². The van der Waals surface area contributed by atoms with Gasteiger partial charge in [0.2, 0.25) is 10.0 Å². The summed E-state index contributed by atoms with van der Waals surface area (Å²) in [4.78, 5) is 10.8. The third-order valence-electron chi connectivity index (χ3n) is 1.72. The van der Waals surface area contributed by atoms with Gasteiger partial charge in [0, 0.05) is 10.2 Å². The summed E-state index contributed by atoms with van der Waals surface area (Å²) < 4.78 is 25.0. The maximum absolute atomic E-state index is 11.3. The van der Waals surface area contributed by atoms with Gasteiger partial charge in [0.05, 0.1) is 11.6 Å². The van der Waals surface area contributed by atoms with Crippen molar-refractivity contribution in [1.29, 1.82) is 5.26 Å². The van der Waals surface area contributed by atoms with Gasteiger partial charge >= 0.3 is 5.97 Å². The molecule has 1 aromatic carbocycles. The summed E-state index contributed by atoms with van der Waals surface area (Å²) in [5.41, 5.74) is 0.0306. The number of rotatable bonds is 4. The number of carboxylic acids is 1. The molecule has 0 heterocycles. The quantitative estimate of drug-likeness (QED) is 0.872. The first-order chi connectivity index (χ1) is 7.85. The number of nitrogens with one attached hydrogen (secondary N) is 1. The highest BCUT2D eigenvalue weighted by Crippen LogP contribution is 2.21. The Balaban J connectivity index is 3.07. The largest absolute Gasteiger partial charge is 0.478 e. The van der Waals surface area contributed by atoms with E-state index in [2.05, 4.69) is 20.7 Å². The molecule has 90 valence electrons. The molecule has 17 heavy (non-hydrogen) atoms. The summed E-state index contributed by atoms with van der Waals surface area (Å²) in [6.07, 6.45) is 0. The molecule has 0 radical (unpaired) electrons. The molecule has 0 saturated heterocycles. The second-order valence-corrected chi connectivity index (χ2v) is 5.60. The Morgan fingerprint density at radius 2 is 2.18 bits per heavy atom. The Morgan fingerprint density at radius 3 is 2.71 bits per heavy atom. The number of nitriles is 1. The van der Waals surface area contributed by atoms with E-state index in [1.807, 2.05) is 0 Å². The number of hydrogen-bond donors (Lipinski definition) is 2. The van der Waals surface area contributed by atoms with Gasteiger partial charge in [-0.15, -0.1) is 0 Å². The van der Waals surface area contributed by atoms with E-state index >= 15 is 0 Å². The maximum atomic E-state index is 11.3. The fourth-order valence-electron chi connectivity index (χ4n) is 1.05. The molecular formula is C9H7BrN2O4S. The molecular weight excluding hydrogens is 312 g/mol. The van der Waals surface area contributed by atoms with Gasteiger partial charge in [-0.3, -0.25) is 4.72 Å².